The first-order valence-corrected chi connectivity index (χ1v) is 8.19. The molecular weight excluding hydrogens is 388 g/mol. The molecule has 1 N–H and O–H groups in total. The fourth-order valence-corrected chi connectivity index (χ4v) is 3.03. The third kappa shape index (κ3) is 4.04. The zero-order chi connectivity index (χ0) is 14.7. The number of hydrogen-bond donors (Lipinski definition) is 1. The van der Waals surface area contributed by atoms with E-state index in [4.69, 9.17) is 5.11 Å². The average Bonchev–Trinajstić information content (AvgIpc) is 2.43. The maximum Gasteiger partial charge on any atom is 0.320 e. The van der Waals surface area contributed by atoms with Gasteiger partial charge in [-0.1, -0.05) is 6.07 Å². The molecular formula is C14H18Br2N2O2. The number of benzene rings is 1. The number of carboxylic acid groups (broad SMARTS) is 1. The summed E-state index contributed by atoms with van der Waals surface area (Å²) in [5, 5.41) is 9.03. The van der Waals surface area contributed by atoms with Gasteiger partial charge in [-0.25, -0.2) is 0 Å². The van der Waals surface area contributed by atoms with Crippen molar-refractivity contribution in [1.29, 1.82) is 0 Å². The van der Waals surface area contributed by atoms with E-state index in [1.54, 1.807) is 6.92 Å². The molecule has 4 nitrogen and oxygen atoms in total. The third-order valence-electron chi connectivity index (χ3n) is 3.70. The van der Waals surface area contributed by atoms with Crippen LogP contribution in [0, 0.1) is 0 Å². The van der Waals surface area contributed by atoms with Crippen LogP contribution in [0.2, 0.25) is 0 Å². The van der Waals surface area contributed by atoms with Gasteiger partial charge in [-0.05, 0) is 56.5 Å². The van der Waals surface area contributed by atoms with Crippen molar-refractivity contribution in [3.05, 3.63) is 32.7 Å². The van der Waals surface area contributed by atoms with Crippen LogP contribution in [0.5, 0.6) is 0 Å². The maximum atomic E-state index is 11.0. The lowest BCUT2D eigenvalue weighted by molar-refractivity contribution is -0.143. The SMILES string of the molecule is CC(C(=O)O)N1CCN(Cc2ccc(Br)c(Br)c2)CC1. The summed E-state index contributed by atoms with van der Waals surface area (Å²) >= 11 is 6.99. The molecule has 0 radical (unpaired) electrons. The Morgan fingerprint density at radius 3 is 2.45 bits per heavy atom. The molecule has 1 saturated heterocycles. The van der Waals surface area contributed by atoms with Gasteiger partial charge in [-0.3, -0.25) is 14.6 Å². The van der Waals surface area contributed by atoms with Crippen molar-refractivity contribution >= 4 is 37.8 Å². The van der Waals surface area contributed by atoms with Crippen LogP contribution in [0.4, 0.5) is 0 Å². The fraction of sp³-hybridized carbons (Fsp3) is 0.500. The van der Waals surface area contributed by atoms with Gasteiger partial charge in [0.2, 0.25) is 0 Å². The number of piperazine rings is 1. The molecule has 1 unspecified atom stereocenters. The zero-order valence-corrected chi connectivity index (χ0v) is 14.5. The third-order valence-corrected chi connectivity index (χ3v) is 5.58. The second kappa shape index (κ2) is 7.02. The lowest BCUT2D eigenvalue weighted by Gasteiger charge is -2.36. The van der Waals surface area contributed by atoms with Gasteiger partial charge in [-0.2, -0.15) is 0 Å². The van der Waals surface area contributed by atoms with Crippen LogP contribution in [0.25, 0.3) is 0 Å². The van der Waals surface area contributed by atoms with Gasteiger partial charge in [0.25, 0.3) is 0 Å². The Morgan fingerprint density at radius 2 is 1.90 bits per heavy atom. The van der Waals surface area contributed by atoms with Crippen molar-refractivity contribution in [2.75, 3.05) is 26.2 Å². The molecule has 0 amide bonds. The Bertz CT molecular complexity index is 488. The van der Waals surface area contributed by atoms with Crippen LogP contribution in [-0.4, -0.2) is 53.1 Å². The molecule has 2 rings (SSSR count). The Labute approximate surface area is 136 Å². The van der Waals surface area contributed by atoms with Crippen LogP contribution >= 0.6 is 31.9 Å². The van der Waals surface area contributed by atoms with Gasteiger partial charge in [0.15, 0.2) is 0 Å². The lowest BCUT2D eigenvalue weighted by Crippen LogP contribution is -2.51. The number of carboxylic acids is 1. The molecule has 1 atom stereocenters. The predicted octanol–water partition coefficient (Wildman–Crippen LogP) is 2.80. The molecule has 110 valence electrons. The summed E-state index contributed by atoms with van der Waals surface area (Å²) in [5.41, 5.74) is 1.26. The largest absolute Gasteiger partial charge is 0.480 e. The molecule has 6 heteroatoms. The highest BCUT2D eigenvalue weighted by atomic mass is 79.9. The van der Waals surface area contributed by atoms with Crippen molar-refractivity contribution < 1.29 is 9.90 Å². The van der Waals surface area contributed by atoms with Crippen LogP contribution in [0.1, 0.15) is 12.5 Å². The minimum Gasteiger partial charge on any atom is -0.480 e. The monoisotopic (exact) mass is 404 g/mol. The normalized spacial score (nSPS) is 18.9. The second-order valence-corrected chi connectivity index (χ2v) is 6.78. The molecule has 1 aliphatic rings. The highest BCUT2D eigenvalue weighted by Gasteiger charge is 2.24. The molecule has 1 fully saturated rings. The molecule has 0 aromatic heterocycles. The van der Waals surface area contributed by atoms with Crippen LogP contribution in [0.3, 0.4) is 0 Å². The van der Waals surface area contributed by atoms with Crippen molar-refractivity contribution in [1.82, 2.24) is 9.80 Å². The molecule has 0 saturated carbocycles. The van der Waals surface area contributed by atoms with Crippen LogP contribution in [-0.2, 0) is 11.3 Å². The van der Waals surface area contributed by atoms with E-state index in [-0.39, 0.29) is 6.04 Å². The number of rotatable bonds is 4. The molecule has 0 bridgehead atoms. The molecule has 0 aliphatic carbocycles. The highest BCUT2D eigenvalue weighted by molar-refractivity contribution is 9.13. The molecule has 1 heterocycles. The lowest BCUT2D eigenvalue weighted by atomic mass is 10.2. The van der Waals surface area contributed by atoms with Gasteiger partial charge in [0, 0.05) is 41.7 Å². The highest BCUT2D eigenvalue weighted by Crippen LogP contribution is 2.24. The molecule has 0 spiro atoms. The van der Waals surface area contributed by atoms with Crippen molar-refractivity contribution in [2.45, 2.75) is 19.5 Å². The summed E-state index contributed by atoms with van der Waals surface area (Å²) in [7, 11) is 0. The number of aliphatic carboxylic acids is 1. The smallest absolute Gasteiger partial charge is 0.320 e. The first-order valence-electron chi connectivity index (χ1n) is 6.60. The predicted molar refractivity (Wildman–Crippen MR) is 85.8 cm³/mol. The van der Waals surface area contributed by atoms with Gasteiger partial charge < -0.3 is 5.11 Å². The Hall–Kier alpha value is -0.430. The fourth-order valence-electron chi connectivity index (χ4n) is 2.36. The quantitative estimate of drug-likeness (QED) is 0.836. The Morgan fingerprint density at radius 1 is 1.25 bits per heavy atom. The molecule has 1 aromatic carbocycles. The first-order chi connectivity index (χ1) is 9.47. The minimum atomic E-state index is -0.740. The van der Waals surface area contributed by atoms with E-state index in [2.05, 4.69) is 48.9 Å². The van der Waals surface area contributed by atoms with Crippen molar-refractivity contribution in [2.24, 2.45) is 0 Å². The van der Waals surface area contributed by atoms with E-state index in [9.17, 15) is 4.79 Å². The van der Waals surface area contributed by atoms with E-state index >= 15 is 0 Å². The van der Waals surface area contributed by atoms with Crippen LogP contribution in [0.15, 0.2) is 27.1 Å². The Balaban J connectivity index is 1.88. The zero-order valence-electron chi connectivity index (χ0n) is 11.4. The van der Waals surface area contributed by atoms with Gasteiger partial charge in [-0.15, -0.1) is 0 Å². The number of nitrogens with zero attached hydrogens (tertiary/aromatic N) is 2. The summed E-state index contributed by atoms with van der Waals surface area (Å²) in [5.74, 6) is -0.740. The van der Waals surface area contributed by atoms with Crippen molar-refractivity contribution in [3.8, 4) is 0 Å². The second-order valence-electron chi connectivity index (χ2n) is 5.07. The van der Waals surface area contributed by atoms with E-state index in [0.29, 0.717) is 0 Å². The maximum absolute atomic E-state index is 11.0. The van der Waals surface area contributed by atoms with Gasteiger partial charge in [0.05, 0.1) is 0 Å². The minimum absolute atomic E-state index is 0.390. The van der Waals surface area contributed by atoms with E-state index in [1.165, 1.54) is 5.56 Å². The Kier molecular flexibility index (Phi) is 5.60. The summed E-state index contributed by atoms with van der Waals surface area (Å²) in [6.07, 6.45) is 0. The summed E-state index contributed by atoms with van der Waals surface area (Å²) in [6.45, 7) is 6.10. The van der Waals surface area contributed by atoms with Crippen molar-refractivity contribution in [3.63, 3.8) is 0 Å². The number of hydrogen-bond acceptors (Lipinski definition) is 3. The first kappa shape index (κ1) is 15.9. The standard InChI is InChI=1S/C14H18Br2N2O2/c1-10(14(19)20)18-6-4-17(5-7-18)9-11-2-3-12(15)13(16)8-11/h2-3,8,10H,4-7,9H2,1H3,(H,19,20). The van der Waals surface area contributed by atoms with Gasteiger partial charge in [0.1, 0.15) is 6.04 Å². The summed E-state index contributed by atoms with van der Waals surface area (Å²) in [6, 6.07) is 5.89. The number of carbonyl (C=O) groups is 1. The average molecular weight is 406 g/mol. The molecule has 1 aliphatic heterocycles. The topological polar surface area (TPSA) is 43.8 Å². The van der Waals surface area contributed by atoms with Gasteiger partial charge >= 0.3 is 5.97 Å². The van der Waals surface area contributed by atoms with E-state index < -0.39 is 5.97 Å². The van der Waals surface area contributed by atoms with E-state index in [0.717, 1.165) is 41.7 Å². The number of halogens is 2. The molecule has 1 aromatic rings. The van der Waals surface area contributed by atoms with E-state index in [1.807, 2.05) is 11.0 Å². The summed E-state index contributed by atoms with van der Waals surface area (Å²) in [4.78, 5) is 15.4. The summed E-state index contributed by atoms with van der Waals surface area (Å²) < 4.78 is 2.12. The molecule has 20 heavy (non-hydrogen) atoms. The van der Waals surface area contributed by atoms with Crippen LogP contribution < -0.4 is 0 Å².